The molecule has 1 aromatic rings. The molecule has 2 heteroatoms. The molecule has 0 aliphatic carbocycles. The van der Waals surface area contributed by atoms with E-state index in [2.05, 4.69) is 5.73 Å². The van der Waals surface area contributed by atoms with Crippen molar-refractivity contribution in [2.24, 2.45) is 0 Å². The van der Waals surface area contributed by atoms with E-state index in [-0.39, 0.29) is 12.6 Å². The second-order valence-corrected chi connectivity index (χ2v) is 2.29. The molecule has 0 aliphatic rings. The molecule has 0 saturated heterocycles. The van der Waals surface area contributed by atoms with Crippen LogP contribution in [-0.4, -0.2) is 11.7 Å². The summed E-state index contributed by atoms with van der Waals surface area (Å²) in [5, 5.41) is 8.73. The minimum atomic E-state index is 0.0150. The molecule has 0 heterocycles. The fourth-order valence-corrected chi connectivity index (χ4v) is 0.831. The van der Waals surface area contributed by atoms with Crippen molar-refractivity contribution in [3.05, 3.63) is 35.9 Å². The van der Waals surface area contributed by atoms with Crippen LogP contribution in [0.25, 0.3) is 0 Å². The lowest BCUT2D eigenvalue weighted by Gasteiger charge is -2.02. The zero-order chi connectivity index (χ0) is 7.40. The maximum Gasteiger partial charge on any atom is 0.133 e. The van der Waals surface area contributed by atoms with E-state index in [0.717, 1.165) is 5.56 Å². The molecule has 0 radical (unpaired) electrons. The lowest BCUT2D eigenvalue weighted by molar-refractivity contribution is -0.432. The van der Waals surface area contributed by atoms with Gasteiger partial charge in [0, 0.05) is 5.56 Å². The predicted molar refractivity (Wildman–Crippen MR) is 39.2 cm³/mol. The van der Waals surface area contributed by atoms with Crippen LogP contribution in [0.1, 0.15) is 11.6 Å². The molecule has 1 rings (SSSR count). The fourth-order valence-electron chi connectivity index (χ4n) is 0.831. The first-order valence-electron chi connectivity index (χ1n) is 3.33. The van der Waals surface area contributed by atoms with Crippen LogP contribution < -0.4 is 5.73 Å². The zero-order valence-electron chi connectivity index (χ0n) is 5.83. The number of benzene rings is 1. The highest BCUT2D eigenvalue weighted by Gasteiger charge is 2.04. The maximum atomic E-state index is 8.73. The lowest BCUT2D eigenvalue weighted by atomic mass is 10.1. The van der Waals surface area contributed by atoms with Gasteiger partial charge < -0.3 is 10.8 Å². The number of quaternary nitrogens is 1. The molecule has 0 spiro atoms. The summed E-state index contributed by atoms with van der Waals surface area (Å²) in [7, 11) is 0. The summed E-state index contributed by atoms with van der Waals surface area (Å²) in [6, 6.07) is 9.79. The van der Waals surface area contributed by atoms with Gasteiger partial charge in [0.15, 0.2) is 0 Å². The molecule has 0 bridgehead atoms. The van der Waals surface area contributed by atoms with Gasteiger partial charge in [-0.25, -0.2) is 0 Å². The highest BCUT2D eigenvalue weighted by molar-refractivity contribution is 5.16. The number of hydrogen-bond acceptors (Lipinski definition) is 1. The van der Waals surface area contributed by atoms with Crippen LogP contribution >= 0.6 is 0 Å². The van der Waals surface area contributed by atoms with Crippen LogP contribution in [0.4, 0.5) is 0 Å². The van der Waals surface area contributed by atoms with E-state index in [0.29, 0.717) is 0 Å². The van der Waals surface area contributed by atoms with Gasteiger partial charge in [-0.1, -0.05) is 30.3 Å². The predicted octanol–water partition coefficient (Wildman–Crippen LogP) is -0.0381. The van der Waals surface area contributed by atoms with Crippen molar-refractivity contribution in [3.8, 4) is 0 Å². The maximum absolute atomic E-state index is 8.73. The lowest BCUT2D eigenvalue weighted by Crippen LogP contribution is -2.55. The third-order valence-electron chi connectivity index (χ3n) is 1.49. The van der Waals surface area contributed by atoms with Gasteiger partial charge in [0.1, 0.15) is 6.04 Å². The number of aliphatic hydroxyl groups is 1. The Balaban J connectivity index is 2.75. The van der Waals surface area contributed by atoms with E-state index < -0.39 is 0 Å². The molecule has 0 fully saturated rings. The first-order chi connectivity index (χ1) is 4.84. The third-order valence-corrected chi connectivity index (χ3v) is 1.49. The van der Waals surface area contributed by atoms with Gasteiger partial charge in [-0.3, -0.25) is 0 Å². The Kier molecular flexibility index (Phi) is 2.42. The van der Waals surface area contributed by atoms with Crippen molar-refractivity contribution in [3.63, 3.8) is 0 Å². The highest BCUT2D eigenvalue weighted by Crippen LogP contribution is 2.05. The van der Waals surface area contributed by atoms with Gasteiger partial charge in [-0.15, -0.1) is 0 Å². The summed E-state index contributed by atoms with van der Waals surface area (Å²) in [6.07, 6.45) is 0. The molecule has 1 atom stereocenters. The number of aliphatic hydroxyl groups excluding tert-OH is 1. The van der Waals surface area contributed by atoms with E-state index in [1.165, 1.54) is 0 Å². The van der Waals surface area contributed by atoms with Gasteiger partial charge in [0.25, 0.3) is 0 Å². The van der Waals surface area contributed by atoms with E-state index in [1.54, 1.807) is 0 Å². The molecular weight excluding hydrogens is 126 g/mol. The summed E-state index contributed by atoms with van der Waals surface area (Å²) in [6.45, 7) is 0.115. The van der Waals surface area contributed by atoms with E-state index in [4.69, 9.17) is 5.11 Å². The van der Waals surface area contributed by atoms with E-state index in [9.17, 15) is 0 Å². The van der Waals surface area contributed by atoms with Crippen molar-refractivity contribution < 1.29 is 10.8 Å². The smallest absolute Gasteiger partial charge is 0.133 e. The normalized spacial score (nSPS) is 13.0. The molecule has 2 nitrogen and oxygen atoms in total. The molecule has 0 amide bonds. The Hall–Kier alpha value is -0.860. The van der Waals surface area contributed by atoms with Gasteiger partial charge in [-0.2, -0.15) is 0 Å². The Morgan fingerprint density at radius 1 is 1.30 bits per heavy atom. The SMILES string of the molecule is [NH3+][C@H](CO)c1ccccc1. The van der Waals surface area contributed by atoms with Crippen LogP contribution in [0.15, 0.2) is 30.3 Å². The molecule has 0 aliphatic heterocycles. The first kappa shape index (κ1) is 7.25. The van der Waals surface area contributed by atoms with Crippen LogP contribution in [0.5, 0.6) is 0 Å². The number of hydrogen-bond donors (Lipinski definition) is 2. The minimum Gasteiger partial charge on any atom is -0.390 e. The minimum absolute atomic E-state index is 0.0150. The van der Waals surface area contributed by atoms with Crippen LogP contribution in [0.2, 0.25) is 0 Å². The van der Waals surface area contributed by atoms with Crippen molar-refractivity contribution in [2.45, 2.75) is 6.04 Å². The quantitative estimate of drug-likeness (QED) is 0.592. The molecule has 1 aromatic carbocycles. The average Bonchev–Trinajstić information content (AvgIpc) is 2.05. The van der Waals surface area contributed by atoms with Gasteiger partial charge in [0.05, 0.1) is 6.61 Å². The monoisotopic (exact) mass is 138 g/mol. The van der Waals surface area contributed by atoms with E-state index >= 15 is 0 Å². The van der Waals surface area contributed by atoms with Gasteiger partial charge >= 0.3 is 0 Å². The average molecular weight is 138 g/mol. The third kappa shape index (κ3) is 1.56. The largest absolute Gasteiger partial charge is 0.390 e. The summed E-state index contributed by atoms with van der Waals surface area (Å²) >= 11 is 0. The zero-order valence-corrected chi connectivity index (χ0v) is 5.83. The van der Waals surface area contributed by atoms with Gasteiger partial charge in [-0.05, 0) is 0 Å². The van der Waals surface area contributed by atoms with Crippen molar-refractivity contribution in [1.82, 2.24) is 0 Å². The molecule has 4 N–H and O–H groups in total. The summed E-state index contributed by atoms with van der Waals surface area (Å²) < 4.78 is 0. The summed E-state index contributed by atoms with van der Waals surface area (Å²) in [4.78, 5) is 0. The second-order valence-electron chi connectivity index (χ2n) is 2.29. The molecule has 0 saturated carbocycles. The van der Waals surface area contributed by atoms with Gasteiger partial charge in [0.2, 0.25) is 0 Å². The molecule has 0 unspecified atom stereocenters. The van der Waals surface area contributed by atoms with Crippen LogP contribution in [-0.2, 0) is 0 Å². The van der Waals surface area contributed by atoms with Crippen LogP contribution in [0.3, 0.4) is 0 Å². The Labute approximate surface area is 60.3 Å². The molecular formula is C8H12NO+. The van der Waals surface area contributed by atoms with E-state index in [1.807, 2.05) is 30.3 Å². The Morgan fingerprint density at radius 3 is 2.40 bits per heavy atom. The fraction of sp³-hybridized carbons (Fsp3) is 0.250. The molecule has 10 heavy (non-hydrogen) atoms. The standard InChI is InChI=1S/C8H11NO/c9-8(6-10)7-4-2-1-3-5-7/h1-5,8,10H,6,9H2/p+1/t8-/m1/s1. The van der Waals surface area contributed by atoms with Crippen molar-refractivity contribution >= 4 is 0 Å². The second kappa shape index (κ2) is 3.34. The summed E-state index contributed by atoms with van der Waals surface area (Å²) in [5.74, 6) is 0. The van der Waals surface area contributed by atoms with Crippen molar-refractivity contribution in [1.29, 1.82) is 0 Å². The Morgan fingerprint density at radius 2 is 1.90 bits per heavy atom. The topological polar surface area (TPSA) is 47.9 Å². The van der Waals surface area contributed by atoms with Crippen molar-refractivity contribution in [2.75, 3.05) is 6.61 Å². The first-order valence-corrected chi connectivity index (χ1v) is 3.33. The number of rotatable bonds is 2. The molecule has 54 valence electrons. The highest BCUT2D eigenvalue weighted by atomic mass is 16.3. The van der Waals surface area contributed by atoms with Crippen LogP contribution in [0, 0.1) is 0 Å². The Bertz CT molecular complexity index is 186. The summed E-state index contributed by atoms with van der Waals surface area (Å²) in [5.41, 5.74) is 4.86. The molecule has 0 aromatic heterocycles.